The molecule has 0 saturated carbocycles. The van der Waals surface area contributed by atoms with E-state index in [2.05, 4.69) is 4.74 Å². The number of methoxy groups -OCH3 is 1. The second-order valence-corrected chi connectivity index (χ2v) is 3.38. The molecule has 1 aromatic carbocycles. The quantitative estimate of drug-likeness (QED) is 0.723. The number of carbonyl (C=O) groups is 1. The van der Waals surface area contributed by atoms with Crippen LogP contribution in [0.3, 0.4) is 0 Å². The van der Waals surface area contributed by atoms with E-state index in [1.54, 1.807) is 12.1 Å². The predicted molar refractivity (Wildman–Crippen MR) is 52.8 cm³/mol. The molecule has 14 heavy (non-hydrogen) atoms. The number of aryl methyl sites for hydroxylation is 1. The van der Waals surface area contributed by atoms with Crippen LogP contribution in [0.2, 0.25) is 0 Å². The molecule has 1 rings (SSSR count). The van der Waals surface area contributed by atoms with Crippen LogP contribution >= 0.6 is 0 Å². The molecule has 3 nitrogen and oxygen atoms in total. The van der Waals surface area contributed by atoms with Crippen molar-refractivity contribution in [2.75, 3.05) is 7.11 Å². The number of hydrogen-bond acceptors (Lipinski definition) is 3. The minimum absolute atomic E-state index is 0.576. The number of aliphatic hydroxyl groups is 1. The van der Waals surface area contributed by atoms with E-state index in [0.29, 0.717) is 5.56 Å². The second-order valence-electron chi connectivity index (χ2n) is 3.38. The van der Waals surface area contributed by atoms with Crippen LogP contribution in [0.1, 0.15) is 18.1 Å². The summed E-state index contributed by atoms with van der Waals surface area (Å²) in [6.07, 6.45) is 0. The maximum absolute atomic E-state index is 11.3. The number of carbonyl (C=O) groups excluding carboxylic acids is 1. The summed E-state index contributed by atoms with van der Waals surface area (Å²) in [5.74, 6) is -0.646. The third kappa shape index (κ3) is 1.77. The van der Waals surface area contributed by atoms with E-state index in [-0.39, 0.29) is 0 Å². The van der Waals surface area contributed by atoms with Gasteiger partial charge >= 0.3 is 5.97 Å². The highest BCUT2D eigenvalue weighted by Crippen LogP contribution is 2.24. The van der Waals surface area contributed by atoms with E-state index in [9.17, 15) is 9.90 Å². The van der Waals surface area contributed by atoms with Gasteiger partial charge in [0.2, 0.25) is 0 Å². The fourth-order valence-corrected chi connectivity index (χ4v) is 1.43. The van der Waals surface area contributed by atoms with Gasteiger partial charge in [0.1, 0.15) is 0 Å². The number of ether oxygens (including phenoxy) is 1. The molecule has 0 aliphatic heterocycles. The highest BCUT2D eigenvalue weighted by atomic mass is 16.5. The zero-order valence-electron chi connectivity index (χ0n) is 8.57. The van der Waals surface area contributed by atoms with Crippen LogP contribution in [-0.2, 0) is 15.1 Å². The Hall–Kier alpha value is -1.35. The van der Waals surface area contributed by atoms with Crippen molar-refractivity contribution in [3.05, 3.63) is 35.4 Å². The predicted octanol–water partition coefficient (Wildman–Crippen LogP) is 1.38. The first-order valence-electron chi connectivity index (χ1n) is 4.37. The first-order chi connectivity index (χ1) is 6.50. The fraction of sp³-hybridized carbons (Fsp3) is 0.364. The van der Waals surface area contributed by atoms with Crippen molar-refractivity contribution in [2.45, 2.75) is 19.4 Å². The minimum atomic E-state index is -1.57. The van der Waals surface area contributed by atoms with Gasteiger partial charge in [0.25, 0.3) is 0 Å². The van der Waals surface area contributed by atoms with Gasteiger partial charge in [-0.1, -0.05) is 24.3 Å². The molecule has 0 saturated heterocycles. The van der Waals surface area contributed by atoms with Crippen molar-refractivity contribution in [3.63, 3.8) is 0 Å². The summed E-state index contributed by atoms with van der Waals surface area (Å²) in [7, 11) is 1.26. The Morgan fingerprint density at radius 2 is 2.00 bits per heavy atom. The van der Waals surface area contributed by atoms with Gasteiger partial charge in [-0.15, -0.1) is 0 Å². The van der Waals surface area contributed by atoms with Crippen molar-refractivity contribution in [1.29, 1.82) is 0 Å². The molecule has 0 aliphatic rings. The summed E-state index contributed by atoms with van der Waals surface area (Å²) < 4.78 is 4.54. The van der Waals surface area contributed by atoms with E-state index >= 15 is 0 Å². The Bertz CT molecular complexity index is 342. The molecule has 1 aromatic rings. The van der Waals surface area contributed by atoms with E-state index in [1.807, 2.05) is 19.1 Å². The highest BCUT2D eigenvalue weighted by molar-refractivity contribution is 5.80. The average molecular weight is 194 g/mol. The van der Waals surface area contributed by atoms with E-state index in [0.717, 1.165) is 5.56 Å². The summed E-state index contributed by atoms with van der Waals surface area (Å²) in [5.41, 5.74) is -0.130. The average Bonchev–Trinajstić information content (AvgIpc) is 2.17. The first kappa shape index (κ1) is 10.7. The fourth-order valence-electron chi connectivity index (χ4n) is 1.43. The Balaban J connectivity index is 3.16. The Labute approximate surface area is 83.3 Å². The smallest absolute Gasteiger partial charge is 0.342 e. The summed E-state index contributed by atoms with van der Waals surface area (Å²) in [6, 6.07) is 7.19. The van der Waals surface area contributed by atoms with Gasteiger partial charge < -0.3 is 9.84 Å². The lowest BCUT2D eigenvalue weighted by atomic mass is 9.92. The number of rotatable bonds is 2. The Kier molecular flexibility index (Phi) is 2.91. The molecule has 1 atom stereocenters. The number of benzene rings is 1. The van der Waals surface area contributed by atoms with Crippen molar-refractivity contribution >= 4 is 5.97 Å². The molecule has 1 N–H and O–H groups in total. The van der Waals surface area contributed by atoms with Crippen LogP contribution in [0.4, 0.5) is 0 Å². The van der Waals surface area contributed by atoms with Crippen molar-refractivity contribution in [1.82, 2.24) is 0 Å². The lowest BCUT2D eigenvalue weighted by molar-refractivity contribution is -0.161. The summed E-state index contributed by atoms with van der Waals surface area (Å²) in [6.45, 7) is 3.27. The monoisotopic (exact) mass is 194 g/mol. The lowest BCUT2D eigenvalue weighted by Crippen LogP contribution is -2.34. The van der Waals surface area contributed by atoms with E-state index in [4.69, 9.17) is 0 Å². The second kappa shape index (κ2) is 3.80. The number of esters is 1. The molecule has 0 bridgehead atoms. The van der Waals surface area contributed by atoms with Crippen molar-refractivity contribution < 1.29 is 14.6 Å². The summed E-state index contributed by atoms with van der Waals surface area (Å²) >= 11 is 0. The zero-order valence-corrected chi connectivity index (χ0v) is 8.57. The molecule has 0 heterocycles. The Morgan fingerprint density at radius 3 is 2.50 bits per heavy atom. The molecule has 76 valence electrons. The molecule has 0 fully saturated rings. The molecular weight excluding hydrogens is 180 g/mol. The molecule has 0 unspecified atom stereocenters. The third-order valence-electron chi connectivity index (χ3n) is 2.25. The first-order valence-corrected chi connectivity index (χ1v) is 4.37. The van der Waals surface area contributed by atoms with Crippen molar-refractivity contribution in [2.24, 2.45) is 0 Å². The van der Waals surface area contributed by atoms with Crippen LogP contribution in [0.25, 0.3) is 0 Å². The number of hydrogen-bond donors (Lipinski definition) is 1. The van der Waals surface area contributed by atoms with Crippen LogP contribution < -0.4 is 0 Å². The molecule has 3 heteroatoms. The Morgan fingerprint density at radius 1 is 1.43 bits per heavy atom. The topological polar surface area (TPSA) is 46.5 Å². The molecule has 0 radical (unpaired) electrons. The summed E-state index contributed by atoms with van der Waals surface area (Å²) in [4.78, 5) is 11.3. The minimum Gasteiger partial charge on any atom is -0.467 e. The lowest BCUT2D eigenvalue weighted by Gasteiger charge is -2.22. The van der Waals surface area contributed by atoms with Crippen LogP contribution in [-0.4, -0.2) is 18.2 Å². The maximum Gasteiger partial charge on any atom is 0.342 e. The van der Waals surface area contributed by atoms with Crippen LogP contribution in [0, 0.1) is 6.92 Å². The van der Waals surface area contributed by atoms with Gasteiger partial charge in [0.15, 0.2) is 5.60 Å². The van der Waals surface area contributed by atoms with Crippen LogP contribution in [0.15, 0.2) is 24.3 Å². The normalized spacial score (nSPS) is 14.6. The third-order valence-corrected chi connectivity index (χ3v) is 2.25. The van der Waals surface area contributed by atoms with E-state index < -0.39 is 11.6 Å². The molecular formula is C11H14O3. The molecule has 0 amide bonds. The molecule has 0 aromatic heterocycles. The van der Waals surface area contributed by atoms with E-state index in [1.165, 1.54) is 14.0 Å². The van der Waals surface area contributed by atoms with Gasteiger partial charge in [0.05, 0.1) is 7.11 Å². The van der Waals surface area contributed by atoms with Gasteiger partial charge in [0, 0.05) is 0 Å². The molecule has 0 aliphatic carbocycles. The molecule has 0 spiro atoms. The van der Waals surface area contributed by atoms with Gasteiger partial charge in [-0.2, -0.15) is 0 Å². The van der Waals surface area contributed by atoms with Crippen molar-refractivity contribution in [3.8, 4) is 0 Å². The van der Waals surface area contributed by atoms with Crippen LogP contribution in [0.5, 0.6) is 0 Å². The van der Waals surface area contributed by atoms with Gasteiger partial charge in [-0.05, 0) is 25.0 Å². The van der Waals surface area contributed by atoms with Gasteiger partial charge in [-0.3, -0.25) is 0 Å². The zero-order chi connectivity index (χ0) is 10.8. The summed E-state index contributed by atoms with van der Waals surface area (Å²) in [5, 5.41) is 9.96. The standard InChI is InChI=1S/C11H14O3/c1-8-6-4-5-7-9(8)11(2,13)10(12)14-3/h4-7,13H,1-3H3/t11-/m0/s1. The largest absolute Gasteiger partial charge is 0.467 e. The highest BCUT2D eigenvalue weighted by Gasteiger charge is 2.34. The van der Waals surface area contributed by atoms with Gasteiger partial charge in [-0.25, -0.2) is 4.79 Å². The maximum atomic E-state index is 11.3. The SMILES string of the molecule is COC(=O)[C@@](C)(O)c1ccccc1C.